The molecule has 0 radical (unpaired) electrons. The first kappa shape index (κ1) is 19.4. The average molecular weight is 389 g/mol. The highest BCUT2D eigenvalue weighted by molar-refractivity contribution is 5.82. The monoisotopic (exact) mass is 388 g/mol. The van der Waals surface area contributed by atoms with Crippen LogP contribution in [0.25, 0.3) is 22.4 Å². The second kappa shape index (κ2) is 9.52. The summed E-state index contributed by atoms with van der Waals surface area (Å²) >= 11 is 0. The Hall–Kier alpha value is -2.92. The summed E-state index contributed by atoms with van der Waals surface area (Å²) in [6.07, 6.45) is 5.72. The van der Waals surface area contributed by atoms with Crippen LogP contribution in [0.1, 0.15) is 19.3 Å². The number of hydrogen-bond acceptors (Lipinski definition) is 3. The van der Waals surface area contributed by atoms with Crippen molar-refractivity contribution in [1.82, 2.24) is 20.0 Å². The van der Waals surface area contributed by atoms with Crippen molar-refractivity contribution in [3.8, 4) is 22.4 Å². The fourth-order valence-corrected chi connectivity index (χ4v) is 3.96. The molecule has 0 saturated carbocycles. The molecule has 1 fully saturated rings. The van der Waals surface area contributed by atoms with Crippen molar-refractivity contribution >= 4 is 5.91 Å². The molecule has 0 unspecified atom stereocenters. The highest BCUT2D eigenvalue weighted by Crippen LogP contribution is 2.31. The van der Waals surface area contributed by atoms with Gasteiger partial charge in [-0.1, -0.05) is 67.1 Å². The molecule has 0 spiro atoms. The number of aromatic nitrogens is 2. The number of hydrogen-bond donors (Lipinski definition) is 1. The van der Waals surface area contributed by atoms with Crippen LogP contribution in [0.4, 0.5) is 0 Å². The van der Waals surface area contributed by atoms with Gasteiger partial charge in [0.25, 0.3) is 0 Å². The first-order valence-electron chi connectivity index (χ1n) is 10.5. The van der Waals surface area contributed by atoms with Gasteiger partial charge in [-0.05, 0) is 31.5 Å². The molecule has 150 valence electrons. The van der Waals surface area contributed by atoms with Crippen molar-refractivity contribution < 1.29 is 4.79 Å². The maximum absolute atomic E-state index is 12.6. The SMILES string of the molecule is O=C(Cn1ncc(-c2ccccc2)c1-c1ccccc1)NCCN1CCCCC1. The van der Waals surface area contributed by atoms with Crippen LogP contribution >= 0.6 is 0 Å². The first-order chi connectivity index (χ1) is 14.3. The lowest BCUT2D eigenvalue weighted by atomic mass is 10.0. The van der Waals surface area contributed by atoms with Gasteiger partial charge in [0.2, 0.25) is 5.91 Å². The molecule has 5 heteroatoms. The quantitative estimate of drug-likeness (QED) is 0.669. The minimum absolute atomic E-state index is 0.00176. The molecule has 0 aliphatic carbocycles. The zero-order valence-electron chi connectivity index (χ0n) is 16.8. The van der Waals surface area contributed by atoms with Gasteiger partial charge in [-0.2, -0.15) is 5.10 Å². The topological polar surface area (TPSA) is 50.2 Å². The fraction of sp³-hybridized carbons (Fsp3) is 0.333. The van der Waals surface area contributed by atoms with Gasteiger partial charge in [-0.3, -0.25) is 9.48 Å². The molecule has 2 aromatic carbocycles. The maximum Gasteiger partial charge on any atom is 0.241 e. The van der Waals surface area contributed by atoms with E-state index < -0.39 is 0 Å². The maximum atomic E-state index is 12.6. The van der Waals surface area contributed by atoms with Gasteiger partial charge in [0.15, 0.2) is 0 Å². The third-order valence-corrected chi connectivity index (χ3v) is 5.46. The largest absolute Gasteiger partial charge is 0.353 e. The third kappa shape index (κ3) is 4.93. The predicted octanol–water partition coefficient (Wildman–Crippen LogP) is 3.82. The van der Waals surface area contributed by atoms with E-state index in [0.717, 1.165) is 42.0 Å². The Labute approximate surface area is 172 Å². The number of piperidine rings is 1. The number of carbonyl (C=O) groups is 1. The summed E-state index contributed by atoms with van der Waals surface area (Å²) in [6.45, 7) is 4.12. The fourth-order valence-electron chi connectivity index (χ4n) is 3.96. The van der Waals surface area contributed by atoms with Gasteiger partial charge < -0.3 is 10.2 Å². The van der Waals surface area contributed by atoms with Gasteiger partial charge >= 0.3 is 0 Å². The molecule has 29 heavy (non-hydrogen) atoms. The summed E-state index contributed by atoms with van der Waals surface area (Å²) in [7, 11) is 0. The molecule has 1 aliphatic rings. The van der Waals surface area contributed by atoms with E-state index in [1.54, 1.807) is 0 Å². The number of amides is 1. The Morgan fingerprint density at radius 3 is 2.24 bits per heavy atom. The molecule has 1 aliphatic heterocycles. The lowest BCUT2D eigenvalue weighted by Gasteiger charge is -2.26. The van der Waals surface area contributed by atoms with Crippen molar-refractivity contribution in [1.29, 1.82) is 0 Å². The van der Waals surface area contributed by atoms with Crippen LogP contribution in [0.5, 0.6) is 0 Å². The molecule has 5 nitrogen and oxygen atoms in total. The number of nitrogens with zero attached hydrogens (tertiary/aromatic N) is 3. The molecule has 2 heterocycles. The van der Waals surface area contributed by atoms with Crippen LogP contribution in [-0.2, 0) is 11.3 Å². The highest BCUT2D eigenvalue weighted by atomic mass is 16.2. The summed E-state index contributed by atoms with van der Waals surface area (Å²) in [5, 5.41) is 7.62. The number of rotatable bonds is 7. The molecular formula is C24H28N4O. The van der Waals surface area contributed by atoms with Crippen molar-refractivity contribution in [3.05, 3.63) is 66.9 Å². The van der Waals surface area contributed by atoms with Gasteiger partial charge in [-0.15, -0.1) is 0 Å². The first-order valence-corrected chi connectivity index (χ1v) is 10.5. The molecule has 1 saturated heterocycles. The highest BCUT2D eigenvalue weighted by Gasteiger charge is 2.17. The van der Waals surface area contributed by atoms with Gasteiger partial charge in [0, 0.05) is 24.2 Å². The number of carbonyl (C=O) groups excluding carboxylic acids is 1. The van der Waals surface area contributed by atoms with Gasteiger partial charge in [0.1, 0.15) is 6.54 Å². The average Bonchev–Trinajstić information content (AvgIpc) is 3.19. The second-order valence-electron chi connectivity index (χ2n) is 7.55. The minimum Gasteiger partial charge on any atom is -0.353 e. The molecule has 0 atom stereocenters. The Balaban J connectivity index is 1.48. The Morgan fingerprint density at radius 2 is 1.55 bits per heavy atom. The molecule has 3 aromatic rings. The smallest absolute Gasteiger partial charge is 0.241 e. The van der Waals surface area contributed by atoms with Crippen molar-refractivity contribution in [3.63, 3.8) is 0 Å². The van der Waals surface area contributed by atoms with Crippen LogP contribution in [0.15, 0.2) is 66.9 Å². The lowest BCUT2D eigenvalue weighted by Crippen LogP contribution is -2.38. The Morgan fingerprint density at radius 1 is 0.897 bits per heavy atom. The standard InChI is InChI=1S/C24H28N4O/c29-23(25-14-17-27-15-8-3-9-16-27)19-28-24(21-12-6-2-7-13-21)22(18-26-28)20-10-4-1-5-11-20/h1-2,4-7,10-13,18H,3,8-9,14-17,19H2,(H,25,29). The van der Waals surface area contributed by atoms with E-state index in [1.165, 1.54) is 19.3 Å². The summed E-state index contributed by atoms with van der Waals surface area (Å²) in [5.41, 5.74) is 4.17. The van der Waals surface area contributed by atoms with E-state index in [9.17, 15) is 4.79 Å². The Bertz CT molecular complexity index is 915. The summed E-state index contributed by atoms with van der Waals surface area (Å²) < 4.78 is 1.81. The minimum atomic E-state index is 0.00176. The van der Waals surface area contributed by atoms with E-state index >= 15 is 0 Å². The second-order valence-corrected chi connectivity index (χ2v) is 7.55. The summed E-state index contributed by atoms with van der Waals surface area (Å²) in [4.78, 5) is 15.0. The van der Waals surface area contributed by atoms with E-state index in [2.05, 4.69) is 39.6 Å². The van der Waals surface area contributed by atoms with Gasteiger partial charge in [-0.25, -0.2) is 0 Å². The molecule has 1 amide bonds. The molecule has 4 rings (SSSR count). The summed E-state index contributed by atoms with van der Waals surface area (Å²) in [6, 6.07) is 20.4. The van der Waals surface area contributed by atoms with Crippen molar-refractivity contribution in [2.75, 3.05) is 26.2 Å². The molecule has 0 bridgehead atoms. The number of likely N-dealkylation sites (tertiary alicyclic amines) is 1. The molecule has 1 aromatic heterocycles. The van der Waals surface area contributed by atoms with Crippen molar-refractivity contribution in [2.45, 2.75) is 25.8 Å². The van der Waals surface area contributed by atoms with E-state index in [-0.39, 0.29) is 12.5 Å². The van der Waals surface area contributed by atoms with E-state index in [4.69, 9.17) is 0 Å². The van der Waals surface area contributed by atoms with Gasteiger partial charge in [0.05, 0.1) is 11.9 Å². The van der Waals surface area contributed by atoms with E-state index in [0.29, 0.717) is 6.54 Å². The van der Waals surface area contributed by atoms with Crippen molar-refractivity contribution in [2.24, 2.45) is 0 Å². The van der Waals surface area contributed by atoms with Crippen LogP contribution in [0, 0.1) is 0 Å². The molecule has 1 N–H and O–H groups in total. The molecular weight excluding hydrogens is 360 g/mol. The zero-order valence-corrected chi connectivity index (χ0v) is 16.8. The predicted molar refractivity (Wildman–Crippen MR) is 116 cm³/mol. The zero-order chi connectivity index (χ0) is 19.9. The van der Waals surface area contributed by atoms with Crippen LogP contribution in [0.3, 0.4) is 0 Å². The van der Waals surface area contributed by atoms with Crippen LogP contribution in [-0.4, -0.2) is 46.8 Å². The van der Waals surface area contributed by atoms with Crippen LogP contribution in [0.2, 0.25) is 0 Å². The number of nitrogens with one attached hydrogen (secondary N) is 1. The Kier molecular flexibility index (Phi) is 6.37. The third-order valence-electron chi connectivity index (χ3n) is 5.46. The lowest BCUT2D eigenvalue weighted by molar-refractivity contribution is -0.121. The van der Waals surface area contributed by atoms with Crippen LogP contribution < -0.4 is 5.32 Å². The summed E-state index contributed by atoms with van der Waals surface area (Å²) in [5.74, 6) is 0.00176. The van der Waals surface area contributed by atoms with E-state index in [1.807, 2.05) is 47.3 Å². The normalized spacial score (nSPS) is 14.6. The number of benzene rings is 2.